The molecule has 1 N–H and O–H groups in total. The smallest absolute Gasteiger partial charge is 0.251 e. The zero-order valence-corrected chi connectivity index (χ0v) is 16.3. The SMILES string of the molecule is O=C(NCc1ccc(-c2ccccc2)c2ccncc12)c1ccc(Cl)c(Cl)c1. The number of carbonyl (C=O) groups excluding carboxylic acids is 1. The molecule has 3 nitrogen and oxygen atoms in total. The highest BCUT2D eigenvalue weighted by Crippen LogP contribution is 2.30. The van der Waals surface area contributed by atoms with Crippen LogP contribution in [0.15, 0.2) is 79.1 Å². The van der Waals surface area contributed by atoms with Crippen molar-refractivity contribution < 1.29 is 4.79 Å². The fourth-order valence-electron chi connectivity index (χ4n) is 3.19. The van der Waals surface area contributed by atoms with E-state index in [1.165, 1.54) is 0 Å². The summed E-state index contributed by atoms with van der Waals surface area (Å²) in [5.41, 5.74) is 3.75. The highest BCUT2D eigenvalue weighted by molar-refractivity contribution is 6.42. The Morgan fingerprint density at radius 1 is 0.893 bits per heavy atom. The number of nitrogens with zero attached hydrogens (tertiary/aromatic N) is 1. The van der Waals surface area contributed by atoms with Gasteiger partial charge in [0.2, 0.25) is 0 Å². The van der Waals surface area contributed by atoms with Gasteiger partial charge in [-0.3, -0.25) is 9.78 Å². The first kappa shape index (κ1) is 18.5. The molecule has 0 spiro atoms. The van der Waals surface area contributed by atoms with Crippen LogP contribution in [0.1, 0.15) is 15.9 Å². The molecule has 0 bridgehead atoms. The number of benzene rings is 3. The predicted molar refractivity (Wildman–Crippen MR) is 115 cm³/mol. The quantitative estimate of drug-likeness (QED) is 0.442. The third-order valence-corrected chi connectivity index (χ3v) is 5.35. The van der Waals surface area contributed by atoms with E-state index in [-0.39, 0.29) is 5.91 Å². The number of aromatic nitrogens is 1. The van der Waals surface area contributed by atoms with Gasteiger partial charge in [-0.25, -0.2) is 0 Å². The number of nitrogens with one attached hydrogen (secondary N) is 1. The maximum atomic E-state index is 12.5. The average molecular weight is 407 g/mol. The van der Waals surface area contributed by atoms with Gasteiger partial charge in [0.05, 0.1) is 10.0 Å². The van der Waals surface area contributed by atoms with Gasteiger partial charge in [-0.15, -0.1) is 0 Å². The first-order chi connectivity index (χ1) is 13.6. The van der Waals surface area contributed by atoms with E-state index in [0.717, 1.165) is 27.5 Å². The summed E-state index contributed by atoms with van der Waals surface area (Å²) in [5.74, 6) is -0.206. The summed E-state index contributed by atoms with van der Waals surface area (Å²) in [7, 11) is 0. The molecule has 28 heavy (non-hydrogen) atoms. The summed E-state index contributed by atoms with van der Waals surface area (Å²) in [6, 6.07) is 21.2. The predicted octanol–water partition coefficient (Wildman–Crippen LogP) is 6.14. The Labute approximate surface area is 172 Å². The van der Waals surface area contributed by atoms with Gasteiger partial charge in [-0.05, 0) is 46.3 Å². The summed E-state index contributed by atoms with van der Waals surface area (Å²) in [6.45, 7) is 0.385. The van der Waals surface area contributed by atoms with Crippen molar-refractivity contribution in [2.75, 3.05) is 0 Å². The van der Waals surface area contributed by atoms with E-state index in [9.17, 15) is 4.79 Å². The summed E-state index contributed by atoms with van der Waals surface area (Å²) in [4.78, 5) is 16.7. The molecule has 4 aromatic rings. The molecule has 3 aromatic carbocycles. The highest BCUT2D eigenvalue weighted by Gasteiger charge is 2.11. The van der Waals surface area contributed by atoms with E-state index < -0.39 is 0 Å². The number of pyridine rings is 1. The maximum Gasteiger partial charge on any atom is 0.251 e. The molecule has 0 unspecified atom stereocenters. The van der Waals surface area contributed by atoms with Gasteiger partial charge in [0.25, 0.3) is 5.91 Å². The van der Waals surface area contributed by atoms with Crippen molar-refractivity contribution in [2.24, 2.45) is 0 Å². The van der Waals surface area contributed by atoms with E-state index in [4.69, 9.17) is 23.2 Å². The molecule has 1 amide bonds. The van der Waals surface area contributed by atoms with E-state index >= 15 is 0 Å². The zero-order chi connectivity index (χ0) is 19.5. The van der Waals surface area contributed by atoms with Crippen LogP contribution < -0.4 is 5.32 Å². The van der Waals surface area contributed by atoms with Crippen molar-refractivity contribution in [1.29, 1.82) is 0 Å². The molecule has 0 aliphatic carbocycles. The lowest BCUT2D eigenvalue weighted by molar-refractivity contribution is 0.0951. The molecule has 0 fully saturated rings. The molecule has 4 rings (SSSR count). The number of hydrogen-bond acceptors (Lipinski definition) is 2. The third-order valence-electron chi connectivity index (χ3n) is 4.61. The molecular weight excluding hydrogens is 391 g/mol. The number of amides is 1. The molecule has 5 heteroatoms. The van der Waals surface area contributed by atoms with E-state index in [2.05, 4.69) is 28.5 Å². The normalized spacial score (nSPS) is 10.8. The topological polar surface area (TPSA) is 42.0 Å². The minimum absolute atomic E-state index is 0.206. The molecule has 0 aliphatic rings. The fraction of sp³-hybridized carbons (Fsp3) is 0.0435. The second-order valence-corrected chi connectivity index (χ2v) is 7.19. The van der Waals surface area contributed by atoms with Crippen LogP contribution in [0.5, 0.6) is 0 Å². The van der Waals surface area contributed by atoms with Crippen LogP contribution in [0, 0.1) is 0 Å². The van der Waals surface area contributed by atoms with Gasteiger partial charge in [-0.2, -0.15) is 0 Å². The second kappa shape index (κ2) is 8.01. The lowest BCUT2D eigenvalue weighted by Crippen LogP contribution is -2.22. The van der Waals surface area contributed by atoms with Gasteiger partial charge in [0, 0.05) is 29.9 Å². The number of hydrogen-bond donors (Lipinski definition) is 1. The molecule has 0 saturated heterocycles. The average Bonchev–Trinajstić information content (AvgIpc) is 2.74. The van der Waals surface area contributed by atoms with Gasteiger partial charge in [0.1, 0.15) is 0 Å². The summed E-state index contributed by atoms with van der Waals surface area (Å²) in [5, 5.41) is 5.84. The Balaban J connectivity index is 1.63. The first-order valence-electron chi connectivity index (χ1n) is 8.78. The van der Waals surface area contributed by atoms with Crippen LogP contribution in [-0.2, 0) is 6.54 Å². The number of fused-ring (bicyclic) bond motifs is 1. The molecule has 0 aliphatic heterocycles. The van der Waals surface area contributed by atoms with Gasteiger partial charge >= 0.3 is 0 Å². The minimum atomic E-state index is -0.206. The Bertz CT molecular complexity index is 1160. The summed E-state index contributed by atoms with van der Waals surface area (Å²) < 4.78 is 0. The highest BCUT2D eigenvalue weighted by atomic mass is 35.5. The van der Waals surface area contributed by atoms with Gasteiger partial charge < -0.3 is 5.32 Å². The standard InChI is InChI=1S/C23H16Cl2N2O/c24-21-9-7-16(12-22(21)25)23(28)27-13-17-6-8-18(15-4-2-1-3-5-15)19-10-11-26-14-20(17)19/h1-12,14H,13H2,(H,27,28). The van der Waals surface area contributed by atoms with Crippen molar-refractivity contribution in [3.8, 4) is 11.1 Å². The second-order valence-electron chi connectivity index (χ2n) is 6.37. The lowest BCUT2D eigenvalue weighted by atomic mass is 9.96. The molecule has 138 valence electrons. The first-order valence-corrected chi connectivity index (χ1v) is 9.53. The third kappa shape index (κ3) is 3.72. The molecule has 0 atom stereocenters. The van der Waals surface area contributed by atoms with Crippen molar-refractivity contribution in [1.82, 2.24) is 10.3 Å². The summed E-state index contributed by atoms with van der Waals surface area (Å²) >= 11 is 11.9. The van der Waals surface area contributed by atoms with E-state index in [1.54, 1.807) is 24.4 Å². The van der Waals surface area contributed by atoms with Crippen molar-refractivity contribution in [2.45, 2.75) is 6.54 Å². The van der Waals surface area contributed by atoms with E-state index in [0.29, 0.717) is 22.2 Å². The van der Waals surface area contributed by atoms with Gasteiger partial charge in [0.15, 0.2) is 0 Å². The lowest BCUT2D eigenvalue weighted by Gasteiger charge is -2.12. The summed E-state index contributed by atoms with van der Waals surface area (Å²) in [6.07, 6.45) is 3.62. The van der Waals surface area contributed by atoms with Crippen molar-refractivity contribution in [3.63, 3.8) is 0 Å². The fourth-order valence-corrected chi connectivity index (χ4v) is 3.49. The van der Waals surface area contributed by atoms with Crippen molar-refractivity contribution >= 4 is 39.9 Å². The van der Waals surface area contributed by atoms with Gasteiger partial charge in [-0.1, -0.05) is 65.7 Å². The number of carbonyl (C=O) groups is 1. The number of halogens is 2. The molecule has 0 radical (unpaired) electrons. The Kier molecular flexibility index (Phi) is 5.29. The number of rotatable bonds is 4. The Hall–Kier alpha value is -2.88. The van der Waals surface area contributed by atoms with E-state index in [1.807, 2.05) is 36.5 Å². The van der Waals surface area contributed by atoms with Crippen LogP contribution in [0.2, 0.25) is 10.0 Å². The largest absolute Gasteiger partial charge is 0.348 e. The molecule has 0 saturated carbocycles. The monoisotopic (exact) mass is 406 g/mol. The van der Waals surface area contributed by atoms with Crippen molar-refractivity contribution in [3.05, 3.63) is 100 Å². The minimum Gasteiger partial charge on any atom is -0.348 e. The Morgan fingerprint density at radius 3 is 2.50 bits per heavy atom. The van der Waals surface area contributed by atoms with Crippen LogP contribution in [0.25, 0.3) is 21.9 Å². The van der Waals surface area contributed by atoms with Crippen LogP contribution in [-0.4, -0.2) is 10.9 Å². The Morgan fingerprint density at radius 2 is 1.71 bits per heavy atom. The van der Waals surface area contributed by atoms with Crippen LogP contribution in [0.4, 0.5) is 0 Å². The molecule has 1 heterocycles. The molecular formula is C23H16Cl2N2O. The zero-order valence-electron chi connectivity index (χ0n) is 14.8. The van der Waals surface area contributed by atoms with Crippen LogP contribution >= 0.6 is 23.2 Å². The maximum absolute atomic E-state index is 12.5. The van der Waals surface area contributed by atoms with Crippen LogP contribution in [0.3, 0.4) is 0 Å². The molecule has 1 aromatic heterocycles.